The van der Waals surface area contributed by atoms with E-state index in [1.807, 2.05) is 0 Å². The monoisotopic (exact) mass is 280 g/mol. The zero-order valence-electron chi connectivity index (χ0n) is 13.0. The summed E-state index contributed by atoms with van der Waals surface area (Å²) in [6, 6.07) is 0. The molecule has 4 nitrogen and oxygen atoms in total. The first kappa shape index (κ1) is 15.5. The average Bonchev–Trinajstić information content (AvgIpc) is 2.95. The van der Waals surface area contributed by atoms with Crippen molar-refractivity contribution in [2.24, 2.45) is 5.92 Å². The number of oxazole rings is 1. The van der Waals surface area contributed by atoms with Gasteiger partial charge >= 0.3 is 0 Å². The molecule has 1 aromatic rings. The van der Waals surface area contributed by atoms with Gasteiger partial charge in [-0.1, -0.05) is 33.1 Å². The highest BCUT2D eigenvalue weighted by molar-refractivity contribution is 5.00. The van der Waals surface area contributed by atoms with Crippen LogP contribution in [0.3, 0.4) is 0 Å². The minimum atomic E-state index is -0.229. The Hall–Kier alpha value is -0.870. The van der Waals surface area contributed by atoms with Crippen LogP contribution in [0.2, 0.25) is 0 Å². The molecule has 1 aliphatic carbocycles. The summed E-state index contributed by atoms with van der Waals surface area (Å²) in [6.07, 6.45) is 8.09. The maximum absolute atomic E-state index is 9.80. The Morgan fingerprint density at radius 2 is 2.10 bits per heavy atom. The fraction of sp³-hybridized carbons (Fsp3) is 0.812. The third-order valence-electron chi connectivity index (χ3n) is 4.62. The van der Waals surface area contributed by atoms with Crippen LogP contribution in [0.1, 0.15) is 70.4 Å². The van der Waals surface area contributed by atoms with Gasteiger partial charge in [0.1, 0.15) is 5.76 Å². The quantitative estimate of drug-likeness (QED) is 0.840. The Morgan fingerprint density at radius 3 is 2.65 bits per heavy atom. The van der Waals surface area contributed by atoms with Gasteiger partial charge in [-0.25, -0.2) is 4.98 Å². The fourth-order valence-corrected chi connectivity index (χ4v) is 3.02. The lowest BCUT2D eigenvalue weighted by Crippen LogP contribution is -2.52. The number of aliphatic hydroxyl groups excluding tert-OH is 1. The smallest absolute Gasteiger partial charge is 0.208 e. The molecule has 4 heteroatoms. The van der Waals surface area contributed by atoms with E-state index in [2.05, 4.69) is 31.1 Å². The zero-order chi connectivity index (χ0) is 14.6. The van der Waals surface area contributed by atoms with Gasteiger partial charge in [-0.3, -0.25) is 0 Å². The van der Waals surface area contributed by atoms with Crippen LogP contribution >= 0.6 is 0 Å². The van der Waals surface area contributed by atoms with Gasteiger partial charge < -0.3 is 14.8 Å². The van der Waals surface area contributed by atoms with Crippen LogP contribution in [-0.2, 0) is 6.54 Å². The molecule has 1 atom stereocenters. The number of aromatic nitrogens is 1. The van der Waals surface area contributed by atoms with E-state index in [0.29, 0.717) is 24.3 Å². The van der Waals surface area contributed by atoms with Gasteiger partial charge in [0.15, 0.2) is 0 Å². The Bertz CT molecular complexity index is 410. The van der Waals surface area contributed by atoms with Crippen molar-refractivity contribution in [2.45, 2.75) is 70.9 Å². The van der Waals surface area contributed by atoms with Crippen molar-refractivity contribution in [3.05, 3.63) is 17.8 Å². The van der Waals surface area contributed by atoms with Gasteiger partial charge in [-0.05, 0) is 25.7 Å². The number of hydrogen-bond acceptors (Lipinski definition) is 4. The predicted octanol–water partition coefficient (Wildman–Crippen LogP) is 3.22. The van der Waals surface area contributed by atoms with Crippen LogP contribution in [-0.4, -0.2) is 22.2 Å². The van der Waals surface area contributed by atoms with Crippen molar-refractivity contribution < 1.29 is 9.52 Å². The summed E-state index contributed by atoms with van der Waals surface area (Å²) in [4.78, 5) is 4.31. The topological polar surface area (TPSA) is 58.3 Å². The van der Waals surface area contributed by atoms with Gasteiger partial charge in [-0.15, -0.1) is 0 Å². The minimum Gasteiger partial charge on any atom is -0.444 e. The molecule has 114 valence electrons. The molecule has 1 aromatic heterocycles. The van der Waals surface area contributed by atoms with Crippen LogP contribution in [0.4, 0.5) is 0 Å². The number of nitrogens with one attached hydrogen (secondary N) is 1. The minimum absolute atomic E-state index is 0.162. The van der Waals surface area contributed by atoms with Gasteiger partial charge in [0.05, 0.1) is 19.3 Å². The molecular weight excluding hydrogens is 252 g/mol. The maximum Gasteiger partial charge on any atom is 0.208 e. The van der Waals surface area contributed by atoms with Crippen molar-refractivity contribution in [1.29, 1.82) is 0 Å². The number of rotatable bonds is 6. The zero-order valence-corrected chi connectivity index (χ0v) is 13.0. The number of hydrogen-bond donors (Lipinski definition) is 2. The van der Waals surface area contributed by atoms with E-state index in [0.717, 1.165) is 5.76 Å². The predicted molar refractivity (Wildman–Crippen MR) is 79.5 cm³/mol. The highest BCUT2D eigenvalue weighted by Crippen LogP contribution is 2.32. The molecule has 0 aromatic carbocycles. The SMILES string of the molecule is CC(C)c1cnc(CNC(C)(CO)C2CCCCC2)o1. The lowest BCUT2D eigenvalue weighted by atomic mass is 9.76. The molecule has 2 N–H and O–H groups in total. The molecule has 0 amide bonds. The molecule has 1 fully saturated rings. The summed E-state index contributed by atoms with van der Waals surface area (Å²) in [5.74, 6) is 2.54. The summed E-state index contributed by atoms with van der Waals surface area (Å²) in [5.41, 5.74) is -0.229. The summed E-state index contributed by atoms with van der Waals surface area (Å²) in [7, 11) is 0. The number of nitrogens with zero attached hydrogens (tertiary/aromatic N) is 1. The van der Waals surface area contributed by atoms with Gasteiger partial charge in [0.2, 0.25) is 5.89 Å². The van der Waals surface area contributed by atoms with Crippen LogP contribution in [0, 0.1) is 5.92 Å². The second kappa shape index (κ2) is 6.72. The lowest BCUT2D eigenvalue weighted by Gasteiger charge is -2.39. The molecule has 0 spiro atoms. The third kappa shape index (κ3) is 3.61. The molecule has 1 saturated carbocycles. The van der Waals surface area contributed by atoms with E-state index in [-0.39, 0.29) is 12.1 Å². The van der Waals surface area contributed by atoms with Crippen molar-refractivity contribution in [2.75, 3.05) is 6.61 Å². The first-order valence-corrected chi connectivity index (χ1v) is 7.85. The normalized spacial score (nSPS) is 20.2. The Labute approximate surface area is 122 Å². The number of aliphatic hydroxyl groups is 1. The molecule has 1 heterocycles. The second-order valence-corrected chi connectivity index (χ2v) is 6.58. The van der Waals surface area contributed by atoms with E-state index in [9.17, 15) is 5.11 Å². The third-order valence-corrected chi connectivity index (χ3v) is 4.62. The van der Waals surface area contributed by atoms with Gasteiger partial charge in [0, 0.05) is 11.5 Å². The van der Waals surface area contributed by atoms with E-state index in [1.165, 1.54) is 32.1 Å². The fourth-order valence-electron chi connectivity index (χ4n) is 3.02. The average molecular weight is 280 g/mol. The van der Waals surface area contributed by atoms with Crippen LogP contribution in [0.15, 0.2) is 10.6 Å². The van der Waals surface area contributed by atoms with Crippen molar-refractivity contribution in [3.8, 4) is 0 Å². The van der Waals surface area contributed by atoms with Crippen LogP contribution < -0.4 is 5.32 Å². The molecule has 2 rings (SSSR count). The highest BCUT2D eigenvalue weighted by atomic mass is 16.4. The van der Waals surface area contributed by atoms with E-state index < -0.39 is 0 Å². The first-order valence-electron chi connectivity index (χ1n) is 7.85. The summed E-state index contributed by atoms with van der Waals surface area (Å²) >= 11 is 0. The molecule has 0 aliphatic heterocycles. The van der Waals surface area contributed by atoms with Gasteiger partial charge in [-0.2, -0.15) is 0 Å². The molecule has 1 aliphatic rings. The largest absolute Gasteiger partial charge is 0.444 e. The Balaban J connectivity index is 1.94. The van der Waals surface area contributed by atoms with E-state index in [4.69, 9.17) is 4.42 Å². The molecule has 20 heavy (non-hydrogen) atoms. The van der Waals surface area contributed by atoms with Crippen molar-refractivity contribution in [1.82, 2.24) is 10.3 Å². The lowest BCUT2D eigenvalue weighted by molar-refractivity contribution is 0.0913. The summed E-state index contributed by atoms with van der Waals surface area (Å²) < 4.78 is 5.72. The van der Waals surface area contributed by atoms with E-state index >= 15 is 0 Å². The molecule has 0 saturated heterocycles. The Kier molecular flexibility index (Phi) is 5.22. The standard InChI is InChI=1S/C16H28N2O2/c1-12(2)14-9-17-15(20-14)10-18-16(3,11-19)13-7-5-4-6-8-13/h9,12-13,18-19H,4-8,10-11H2,1-3H3. The maximum atomic E-state index is 9.80. The summed E-state index contributed by atoms with van der Waals surface area (Å²) in [5, 5.41) is 13.3. The van der Waals surface area contributed by atoms with Crippen molar-refractivity contribution in [3.63, 3.8) is 0 Å². The van der Waals surface area contributed by atoms with Crippen LogP contribution in [0.5, 0.6) is 0 Å². The molecule has 0 bridgehead atoms. The van der Waals surface area contributed by atoms with Gasteiger partial charge in [0.25, 0.3) is 0 Å². The summed E-state index contributed by atoms with van der Waals surface area (Å²) in [6.45, 7) is 7.06. The molecule has 1 unspecified atom stereocenters. The van der Waals surface area contributed by atoms with E-state index in [1.54, 1.807) is 6.20 Å². The first-order chi connectivity index (χ1) is 9.55. The second-order valence-electron chi connectivity index (χ2n) is 6.58. The Morgan fingerprint density at radius 1 is 1.40 bits per heavy atom. The molecular formula is C16H28N2O2. The van der Waals surface area contributed by atoms with Crippen molar-refractivity contribution >= 4 is 0 Å². The van der Waals surface area contributed by atoms with Crippen LogP contribution in [0.25, 0.3) is 0 Å². The molecule has 0 radical (unpaired) electrons. The highest BCUT2D eigenvalue weighted by Gasteiger charge is 2.34.